The summed E-state index contributed by atoms with van der Waals surface area (Å²) in [5.41, 5.74) is 1.88. The number of ether oxygens (including phenoxy) is 2. The number of hydrogen-bond donors (Lipinski definition) is 2. The molecule has 3 amide bonds. The van der Waals surface area contributed by atoms with Gasteiger partial charge in [-0.05, 0) is 18.2 Å². The van der Waals surface area contributed by atoms with E-state index < -0.39 is 6.17 Å². The van der Waals surface area contributed by atoms with Gasteiger partial charge in [-0.25, -0.2) is 0 Å². The summed E-state index contributed by atoms with van der Waals surface area (Å²) in [6.45, 7) is 0.107. The summed E-state index contributed by atoms with van der Waals surface area (Å²) in [4.78, 5) is 42.7. The number of rotatable bonds is 6. The normalized spacial score (nSPS) is 16.2. The van der Waals surface area contributed by atoms with Gasteiger partial charge in [0.1, 0.15) is 12.0 Å². The van der Waals surface area contributed by atoms with E-state index in [0.717, 1.165) is 0 Å². The molecule has 3 heterocycles. The van der Waals surface area contributed by atoms with Gasteiger partial charge in [-0.3, -0.25) is 24.4 Å². The number of nitrogens with zero attached hydrogens (tertiary/aromatic N) is 3. The van der Waals surface area contributed by atoms with E-state index in [2.05, 4.69) is 15.5 Å². The van der Waals surface area contributed by atoms with Crippen molar-refractivity contribution in [2.45, 2.75) is 12.6 Å². The zero-order valence-corrected chi connectivity index (χ0v) is 18.0. The molecule has 0 fully saturated rings. The summed E-state index contributed by atoms with van der Waals surface area (Å²) in [6.07, 6.45) is 0.865. The first-order valence-electron chi connectivity index (χ1n) is 10.3. The molecule has 3 aromatic rings. The molecule has 10 nitrogen and oxygen atoms in total. The van der Waals surface area contributed by atoms with Crippen LogP contribution in [0.4, 0.5) is 11.5 Å². The first-order chi connectivity index (χ1) is 16.0. The van der Waals surface area contributed by atoms with Crippen LogP contribution >= 0.6 is 0 Å². The number of nitrogens with one attached hydrogen (secondary N) is 2. The quantitative estimate of drug-likeness (QED) is 0.600. The fraction of sp³-hybridized carbons (Fsp3) is 0.217. The number of amides is 3. The maximum absolute atomic E-state index is 13.6. The molecule has 5 rings (SSSR count). The second-order valence-corrected chi connectivity index (χ2v) is 7.60. The minimum Gasteiger partial charge on any atom is -0.493 e. The highest BCUT2D eigenvalue weighted by atomic mass is 16.5. The van der Waals surface area contributed by atoms with Crippen LogP contribution in [0.5, 0.6) is 11.5 Å². The summed E-state index contributed by atoms with van der Waals surface area (Å²) >= 11 is 0. The number of hydrogen-bond acceptors (Lipinski definition) is 6. The number of H-pyrrole nitrogens is 1. The van der Waals surface area contributed by atoms with Crippen LogP contribution in [0.3, 0.4) is 0 Å². The Labute approximate surface area is 189 Å². The molecular formula is C23H21N5O5. The molecule has 2 N–H and O–H groups in total. The number of aromatic amines is 1. The number of carbonyl (C=O) groups excluding carboxylic acids is 3. The Kier molecular flexibility index (Phi) is 4.97. The lowest BCUT2D eigenvalue weighted by Gasteiger charge is -2.40. The Morgan fingerprint density at radius 1 is 1.09 bits per heavy atom. The number of methoxy groups -OCH3 is 2. The van der Waals surface area contributed by atoms with Crippen molar-refractivity contribution in [2.24, 2.45) is 0 Å². The van der Waals surface area contributed by atoms with Gasteiger partial charge in [0.05, 0.1) is 37.2 Å². The summed E-state index contributed by atoms with van der Waals surface area (Å²) in [7, 11) is 2.97. The van der Waals surface area contributed by atoms with E-state index in [1.807, 2.05) is 0 Å². The molecule has 1 aromatic heterocycles. The zero-order valence-electron chi connectivity index (χ0n) is 18.0. The molecule has 2 aliphatic heterocycles. The first-order valence-corrected chi connectivity index (χ1v) is 10.3. The summed E-state index contributed by atoms with van der Waals surface area (Å²) in [6, 6.07) is 12.1. The van der Waals surface area contributed by atoms with E-state index in [9.17, 15) is 14.4 Å². The molecule has 2 aromatic carbocycles. The van der Waals surface area contributed by atoms with Crippen LogP contribution in [0.25, 0.3) is 0 Å². The van der Waals surface area contributed by atoms with Crippen LogP contribution in [0.2, 0.25) is 0 Å². The predicted molar refractivity (Wildman–Crippen MR) is 118 cm³/mol. The predicted octanol–water partition coefficient (Wildman–Crippen LogP) is 2.57. The monoisotopic (exact) mass is 447 g/mol. The van der Waals surface area contributed by atoms with Gasteiger partial charge in [0.2, 0.25) is 5.91 Å². The summed E-state index contributed by atoms with van der Waals surface area (Å²) in [5, 5.41) is 9.17. The highest BCUT2D eigenvalue weighted by Crippen LogP contribution is 2.49. The molecule has 33 heavy (non-hydrogen) atoms. The van der Waals surface area contributed by atoms with Gasteiger partial charge >= 0.3 is 0 Å². The zero-order chi connectivity index (χ0) is 23.1. The fourth-order valence-electron chi connectivity index (χ4n) is 4.41. The Balaban J connectivity index is 1.55. The largest absolute Gasteiger partial charge is 0.493 e. The third kappa shape index (κ3) is 3.18. The van der Waals surface area contributed by atoms with Crippen LogP contribution < -0.4 is 19.7 Å². The van der Waals surface area contributed by atoms with E-state index >= 15 is 0 Å². The molecule has 0 unspecified atom stereocenters. The minimum atomic E-state index is -0.699. The topological polar surface area (TPSA) is 117 Å². The fourth-order valence-corrected chi connectivity index (χ4v) is 4.41. The molecule has 2 aliphatic rings. The molecule has 0 radical (unpaired) electrons. The van der Waals surface area contributed by atoms with Crippen molar-refractivity contribution in [2.75, 3.05) is 31.0 Å². The van der Waals surface area contributed by atoms with E-state index in [1.165, 1.54) is 20.4 Å². The average Bonchev–Trinajstić information content (AvgIpc) is 3.44. The van der Waals surface area contributed by atoms with Crippen molar-refractivity contribution in [3.05, 3.63) is 65.4 Å². The van der Waals surface area contributed by atoms with E-state index in [0.29, 0.717) is 39.7 Å². The van der Waals surface area contributed by atoms with Crippen molar-refractivity contribution in [1.82, 2.24) is 15.1 Å². The lowest BCUT2D eigenvalue weighted by molar-refractivity contribution is -0.116. The number of benzene rings is 2. The molecule has 10 heteroatoms. The van der Waals surface area contributed by atoms with Crippen molar-refractivity contribution in [3.8, 4) is 11.5 Å². The van der Waals surface area contributed by atoms with Gasteiger partial charge in [-0.15, -0.1) is 0 Å². The second kappa shape index (κ2) is 7.97. The average molecular weight is 447 g/mol. The van der Waals surface area contributed by atoms with Gasteiger partial charge in [0.15, 0.2) is 11.5 Å². The number of carbonyl (C=O) groups is 3. The maximum Gasteiger partial charge on any atom is 0.264 e. The molecule has 0 saturated heterocycles. The number of fused-ring (bicyclic) bond motifs is 5. The molecule has 0 bridgehead atoms. The smallest absolute Gasteiger partial charge is 0.264 e. The minimum absolute atomic E-state index is 0.0358. The van der Waals surface area contributed by atoms with E-state index in [-0.39, 0.29) is 30.7 Å². The van der Waals surface area contributed by atoms with Crippen LogP contribution in [-0.2, 0) is 4.79 Å². The number of para-hydroxylation sites is 1. The maximum atomic E-state index is 13.6. The van der Waals surface area contributed by atoms with Gasteiger partial charge < -0.3 is 19.7 Å². The molecule has 1 atom stereocenters. The van der Waals surface area contributed by atoms with Crippen molar-refractivity contribution in [1.29, 1.82) is 0 Å². The Morgan fingerprint density at radius 2 is 1.91 bits per heavy atom. The van der Waals surface area contributed by atoms with E-state index in [1.54, 1.807) is 52.3 Å². The standard InChI is InChI=1S/C23H21N5O5/c1-32-16-8-7-14-19(20(16)33-2)23(31)28-15-6-4-3-5-13(15)22(30)27(21(14)28)12-10-18(29)25-17-9-11-24-26-17/h3-9,11,21H,10,12H2,1-2H3,(H2,24,25,26,29)/t21-/m1/s1. The molecule has 0 spiro atoms. The lowest BCUT2D eigenvalue weighted by Crippen LogP contribution is -2.49. The third-order valence-electron chi connectivity index (χ3n) is 5.84. The van der Waals surface area contributed by atoms with Crippen LogP contribution in [-0.4, -0.2) is 53.6 Å². The third-order valence-corrected chi connectivity index (χ3v) is 5.84. The van der Waals surface area contributed by atoms with Crippen LogP contribution in [0, 0.1) is 0 Å². The molecule has 0 saturated carbocycles. The Hall–Kier alpha value is -4.34. The first kappa shape index (κ1) is 20.6. The van der Waals surface area contributed by atoms with Gasteiger partial charge in [0, 0.05) is 24.6 Å². The second-order valence-electron chi connectivity index (χ2n) is 7.60. The summed E-state index contributed by atoms with van der Waals surface area (Å²) < 4.78 is 10.9. The SMILES string of the molecule is COc1ccc2c(c1OC)C(=O)N1c3ccccc3C(=O)N(CCC(=O)Nc3ccn[nH]3)[C@@H]21. The molecule has 168 valence electrons. The lowest BCUT2D eigenvalue weighted by atomic mass is 10.0. The Morgan fingerprint density at radius 3 is 2.64 bits per heavy atom. The van der Waals surface area contributed by atoms with Crippen molar-refractivity contribution >= 4 is 29.2 Å². The van der Waals surface area contributed by atoms with Gasteiger partial charge in [0.25, 0.3) is 11.8 Å². The van der Waals surface area contributed by atoms with Crippen LogP contribution in [0.1, 0.15) is 38.9 Å². The number of aromatic nitrogens is 2. The molecule has 0 aliphatic carbocycles. The van der Waals surface area contributed by atoms with E-state index in [4.69, 9.17) is 9.47 Å². The van der Waals surface area contributed by atoms with Gasteiger partial charge in [-0.1, -0.05) is 18.2 Å². The van der Waals surface area contributed by atoms with Crippen molar-refractivity contribution in [3.63, 3.8) is 0 Å². The highest BCUT2D eigenvalue weighted by Gasteiger charge is 2.49. The van der Waals surface area contributed by atoms with Gasteiger partial charge in [-0.2, -0.15) is 5.10 Å². The number of anilines is 2. The summed E-state index contributed by atoms with van der Waals surface area (Å²) in [5.74, 6) is 0.379. The Bertz CT molecular complexity index is 1260. The van der Waals surface area contributed by atoms with Crippen LogP contribution in [0.15, 0.2) is 48.7 Å². The highest BCUT2D eigenvalue weighted by molar-refractivity contribution is 6.18. The van der Waals surface area contributed by atoms with Crippen molar-refractivity contribution < 1.29 is 23.9 Å². The molecular weight excluding hydrogens is 426 g/mol.